The first kappa shape index (κ1) is 13.4. The minimum absolute atomic E-state index is 0.259. The fourth-order valence-corrected chi connectivity index (χ4v) is 2.20. The second-order valence-corrected chi connectivity index (χ2v) is 4.76. The van der Waals surface area contributed by atoms with Gasteiger partial charge in [-0.15, -0.1) is 0 Å². The second kappa shape index (κ2) is 5.75. The van der Waals surface area contributed by atoms with Gasteiger partial charge in [0.05, 0.1) is 12.2 Å². The standard InChI is InChI=1S/C13H18FNO3/c14-10-3-1-9(2-4-10)5-6-15-7-11(16)13(18)12(17)8-15/h1-4,11-13,16-18H,5-8H2/t11-,12+,13+. The van der Waals surface area contributed by atoms with Crippen LogP contribution in [0.3, 0.4) is 0 Å². The molecule has 1 aliphatic heterocycles. The van der Waals surface area contributed by atoms with Crippen molar-refractivity contribution >= 4 is 0 Å². The van der Waals surface area contributed by atoms with Crippen molar-refractivity contribution in [3.05, 3.63) is 35.6 Å². The van der Waals surface area contributed by atoms with Crippen LogP contribution in [0, 0.1) is 5.82 Å². The highest BCUT2D eigenvalue weighted by Gasteiger charge is 2.32. The molecule has 0 aromatic heterocycles. The van der Waals surface area contributed by atoms with Crippen molar-refractivity contribution in [1.82, 2.24) is 4.90 Å². The first-order valence-corrected chi connectivity index (χ1v) is 6.07. The summed E-state index contributed by atoms with van der Waals surface area (Å²) in [6, 6.07) is 6.28. The quantitative estimate of drug-likeness (QED) is 0.698. The number of rotatable bonds is 3. The van der Waals surface area contributed by atoms with Crippen molar-refractivity contribution in [2.24, 2.45) is 0 Å². The number of aliphatic hydroxyl groups excluding tert-OH is 3. The summed E-state index contributed by atoms with van der Waals surface area (Å²) in [5.74, 6) is -0.259. The van der Waals surface area contributed by atoms with E-state index in [1.807, 2.05) is 4.90 Å². The Labute approximate surface area is 105 Å². The highest BCUT2D eigenvalue weighted by Crippen LogP contribution is 2.13. The Morgan fingerprint density at radius 2 is 1.61 bits per heavy atom. The van der Waals surface area contributed by atoms with Gasteiger partial charge in [0.15, 0.2) is 0 Å². The zero-order chi connectivity index (χ0) is 13.1. The molecule has 1 aliphatic rings. The van der Waals surface area contributed by atoms with Crippen molar-refractivity contribution < 1.29 is 19.7 Å². The Balaban J connectivity index is 1.85. The van der Waals surface area contributed by atoms with E-state index in [1.54, 1.807) is 12.1 Å². The van der Waals surface area contributed by atoms with Gasteiger partial charge in [-0.1, -0.05) is 12.1 Å². The molecular formula is C13H18FNO3. The van der Waals surface area contributed by atoms with Gasteiger partial charge in [0.25, 0.3) is 0 Å². The highest BCUT2D eigenvalue weighted by atomic mass is 19.1. The maximum absolute atomic E-state index is 12.7. The van der Waals surface area contributed by atoms with Crippen LogP contribution in [0.25, 0.3) is 0 Å². The Bertz CT molecular complexity index is 372. The molecule has 4 nitrogen and oxygen atoms in total. The van der Waals surface area contributed by atoms with Gasteiger partial charge in [-0.05, 0) is 24.1 Å². The van der Waals surface area contributed by atoms with Gasteiger partial charge in [0.2, 0.25) is 0 Å². The van der Waals surface area contributed by atoms with E-state index in [9.17, 15) is 19.7 Å². The lowest BCUT2D eigenvalue weighted by Gasteiger charge is -2.36. The van der Waals surface area contributed by atoms with Crippen LogP contribution < -0.4 is 0 Å². The third kappa shape index (κ3) is 3.26. The van der Waals surface area contributed by atoms with Crippen LogP contribution in [0.2, 0.25) is 0 Å². The zero-order valence-corrected chi connectivity index (χ0v) is 10.0. The molecule has 1 saturated heterocycles. The lowest BCUT2D eigenvalue weighted by atomic mass is 10.0. The molecule has 1 aromatic carbocycles. The topological polar surface area (TPSA) is 63.9 Å². The number of halogens is 1. The van der Waals surface area contributed by atoms with E-state index in [0.717, 1.165) is 12.0 Å². The van der Waals surface area contributed by atoms with E-state index in [4.69, 9.17) is 0 Å². The van der Waals surface area contributed by atoms with Crippen LogP contribution in [-0.4, -0.2) is 58.2 Å². The molecule has 3 atom stereocenters. The minimum Gasteiger partial charge on any atom is -0.389 e. The molecule has 1 fully saturated rings. The summed E-state index contributed by atoms with van der Waals surface area (Å²) in [7, 11) is 0. The predicted molar refractivity (Wildman–Crippen MR) is 64.6 cm³/mol. The molecule has 0 radical (unpaired) electrons. The fraction of sp³-hybridized carbons (Fsp3) is 0.538. The van der Waals surface area contributed by atoms with Crippen LogP contribution in [0.1, 0.15) is 5.56 Å². The number of piperidine rings is 1. The molecule has 18 heavy (non-hydrogen) atoms. The largest absolute Gasteiger partial charge is 0.389 e. The maximum atomic E-state index is 12.7. The van der Waals surface area contributed by atoms with Gasteiger partial charge in [-0.2, -0.15) is 0 Å². The fourth-order valence-electron chi connectivity index (χ4n) is 2.20. The maximum Gasteiger partial charge on any atom is 0.123 e. The lowest BCUT2D eigenvalue weighted by molar-refractivity contribution is -0.109. The predicted octanol–water partition coefficient (Wildman–Crippen LogP) is -0.234. The molecule has 0 amide bonds. The van der Waals surface area contributed by atoms with E-state index in [1.165, 1.54) is 12.1 Å². The third-order valence-corrected chi connectivity index (χ3v) is 3.31. The number of benzene rings is 1. The minimum atomic E-state index is -1.06. The van der Waals surface area contributed by atoms with E-state index in [0.29, 0.717) is 19.6 Å². The summed E-state index contributed by atoms with van der Waals surface area (Å²) < 4.78 is 12.7. The van der Waals surface area contributed by atoms with Gasteiger partial charge in [-0.3, -0.25) is 4.90 Å². The number of aliphatic hydroxyl groups is 3. The lowest BCUT2D eigenvalue weighted by Crippen LogP contribution is -2.55. The summed E-state index contributed by atoms with van der Waals surface area (Å²) in [6.07, 6.45) is -2.17. The van der Waals surface area contributed by atoms with Crippen LogP contribution in [0.5, 0.6) is 0 Å². The molecular weight excluding hydrogens is 237 g/mol. The first-order chi connectivity index (χ1) is 8.56. The van der Waals surface area contributed by atoms with Crippen LogP contribution in [0.15, 0.2) is 24.3 Å². The summed E-state index contributed by atoms with van der Waals surface area (Å²) in [5, 5.41) is 28.5. The average Bonchev–Trinajstić information content (AvgIpc) is 2.35. The van der Waals surface area contributed by atoms with Crippen molar-refractivity contribution in [1.29, 1.82) is 0 Å². The number of hydrogen-bond donors (Lipinski definition) is 3. The van der Waals surface area contributed by atoms with Crippen LogP contribution >= 0.6 is 0 Å². The monoisotopic (exact) mass is 255 g/mol. The molecule has 100 valence electrons. The van der Waals surface area contributed by atoms with Gasteiger partial charge in [0, 0.05) is 19.6 Å². The Hall–Kier alpha value is -1.01. The number of likely N-dealkylation sites (tertiary alicyclic amines) is 1. The van der Waals surface area contributed by atoms with E-state index in [-0.39, 0.29) is 5.82 Å². The van der Waals surface area contributed by atoms with Crippen molar-refractivity contribution in [3.63, 3.8) is 0 Å². The molecule has 0 aliphatic carbocycles. The van der Waals surface area contributed by atoms with Gasteiger partial charge < -0.3 is 15.3 Å². The van der Waals surface area contributed by atoms with Crippen LogP contribution in [0.4, 0.5) is 4.39 Å². The third-order valence-electron chi connectivity index (χ3n) is 3.31. The summed E-state index contributed by atoms with van der Waals surface area (Å²) in [5.41, 5.74) is 1.01. The van der Waals surface area contributed by atoms with Gasteiger partial charge in [-0.25, -0.2) is 4.39 Å². The molecule has 1 aromatic rings. The second-order valence-electron chi connectivity index (χ2n) is 4.76. The van der Waals surface area contributed by atoms with Crippen molar-refractivity contribution in [2.75, 3.05) is 19.6 Å². The zero-order valence-electron chi connectivity index (χ0n) is 10.0. The summed E-state index contributed by atoms with van der Waals surface area (Å²) >= 11 is 0. The Morgan fingerprint density at radius 1 is 1.06 bits per heavy atom. The normalized spacial score (nSPS) is 29.4. The summed E-state index contributed by atoms with van der Waals surface area (Å²) in [4.78, 5) is 1.89. The number of hydrogen-bond acceptors (Lipinski definition) is 4. The molecule has 5 heteroatoms. The van der Waals surface area contributed by atoms with E-state index >= 15 is 0 Å². The Morgan fingerprint density at radius 3 is 2.17 bits per heavy atom. The number of β-amino-alcohol motifs (C(OH)–C–C–N with tert-alkyl or cyclic N) is 2. The smallest absolute Gasteiger partial charge is 0.123 e. The Kier molecular flexibility index (Phi) is 4.29. The van der Waals surface area contributed by atoms with E-state index < -0.39 is 18.3 Å². The molecule has 3 N–H and O–H groups in total. The van der Waals surface area contributed by atoms with Crippen LogP contribution in [-0.2, 0) is 6.42 Å². The molecule has 0 bridgehead atoms. The van der Waals surface area contributed by atoms with Gasteiger partial charge >= 0.3 is 0 Å². The SMILES string of the molecule is O[C@H]1[C@H](O)CN(CCc2ccc(F)cc2)C[C@@H]1O. The van der Waals surface area contributed by atoms with Gasteiger partial charge in [0.1, 0.15) is 11.9 Å². The highest BCUT2D eigenvalue weighted by molar-refractivity contribution is 5.16. The van der Waals surface area contributed by atoms with E-state index in [2.05, 4.69) is 0 Å². The molecule has 0 unspecified atom stereocenters. The van der Waals surface area contributed by atoms with Crippen molar-refractivity contribution in [3.8, 4) is 0 Å². The average molecular weight is 255 g/mol. The molecule has 1 heterocycles. The molecule has 0 saturated carbocycles. The number of nitrogens with zero attached hydrogens (tertiary/aromatic N) is 1. The summed E-state index contributed by atoms with van der Waals surface area (Å²) in [6.45, 7) is 1.35. The first-order valence-electron chi connectivity index (χ1n) is 6.07. The molecule has 0 spiro atoms. The van der Waals surface area contributed by atoms with Crippen molar-refractivity contribution in [2.45, 2.75) is 24.7 Å². The molecule has 2 rings (SSSR count).